The predicted octanol–water partition coefficient (Wildman–Crippen LogP) is 5.18. The molecule has 198 valence electrons. The van der Waals surface area contributed by atoms with Gasteiger partial charge >= 0.3 is 0 Å². The summed E-state index contributed by atoms with van der Waals surface area (Å²) in [5.74, 6) is -0.501. The van der Waals surface area contributed by atoms with Crippen LogP contribution in [0.15, 0.2) is 71.6 Å². The zero-order chi connectivity index (χ0) is 26.9. The second-order valence-corrected chi connectivity index (χ2v) is 11.7. The molecule has 2 aliphatic rings. The lowest BCUT2D eigenvalue weighted by atomic mass is 10.1. The Morgan fingerprint density at radius 1 is 1.08 bits per heavy atom. The number of fused-ring (bicyclic) bond motifs is 1. The first kappa shape index (κ1) is 25.5. The first-order chi connectivity index (χ1) is 19.0. The molecule has 4 heterocycles. The highest BCUT2D eigenvalue weighted by Gasteiger charge is 2.43. The molecular weight excluding hydrogens is 528 g/mol. The number of aryl methyl sites for hydroxylation is 1. The van der Waals surface area contributed by atoms with Crippen molar-refractivity contribution in [2.24, 2.45) is 0 Å². The largest absolute Gasteiger partial charge is 0.350 e. The number of aromatic nitrogens is 1. The minimum atomic E-state index is -0.749. The molecule has 2 atom stereocenters. The lowest BCUT2D eigenvalue weighted by Crippen LogP contribution is -2.50. The molecule has 0 bridgehead atoms. The van der Waals surface area contributed by atoms with Gasteiger partial charge in [0.05, 0.1) is 16.1 Å². The van der Waals surface area contributed by atoms with Crippen molar-refractivity contribution in [1.82, 2.24) is 20.1 Å². The first-order valence-electron chi connectivity index (χ1n) is 13.0. The SMILES string of the molecule is Cc1ncsc1-c1ccc(CNC(=O)[C@@H]2CCCN2C(=O)[C@H](c2cccs2)N2Cc3ccccc3C2=O)cc1. The van der Waals surface area contributed by atoms with E-state index in [1.807, 2.05) is 78.5 Å². The molecule has 0 saturated carbocycles. The maximum Gasteiger partial charge on any atom is 0.255 e. The van der Waals surface area contributed by atoms with Crippen molar-refractivity contribution < 1.29 is 14.4 Å². The van der Waals surface area contributed by atoms with Crippen molar-refractivity contribution in [1.29, 1.82) is 0 Å². The molecule has 0 aliphatic carbocycles. The van der Waals surface area contributed by atoms with Gasteiger partial charge in [0.15, 0.2) is 0 Å². The van der Waals surface area contributed by atoms with Gasteiger partial charge in [-0.2, -0.15) is 0 Å². The van der Waals surface area contributed by atoms with E-state index in [4.69, 9.17) is 0 Å². The van der Waals surface area contributed by atoms with Crippen LogP contribution in [0.2, 0.25) is 0 Å². The van der Waals surface area contributed by atoms with E-state index < -0.39 is 12.1 Å². The average molecular weight is 557 g/mol. The molecule has 0 radical (unpaired) electrons. The molecule has 39 heavy (non-hydrogen) atoms. The minimum absolute atomic E-state index is 0.144. The fourth-order valence-electron chi connectivity index (χ4n) is 5.46. The van der Waals surface area contributed by atoms with Crippen LogP contribution in [0.5, 0.6) is 0 Å². The molecule has 7 nitrogen and oxygen atoms in total. The van der Waals surface area contributed by atoms with E-state index in [9.17, 15) is 14.4 Å². The van der Waals surface area contributed by atoms with Gasteiger partial charge in [-0.15, -0.1) is 22.7 Å². The van der Waals surface area contributed by atoms with Gasteiger partial charge in [-0.3, -0.25) is 14.4 Å². The highest BCUT2D eigenvalue weighted by Crippen LogP contribution is 2.36. The van der Waals surface area contributed by atoms with E-state index in [1.165, 1.54) is 11.3 Å². The molecular formula is C30H28N4O3S2. The second-order valence-electron chi connectivity index (χ2n) is 9.88. The van der Waals surface area contributed by atoms with E-state index in [0.717, 1.165) is 38.6 Å². The summed E-state index contributed by atoms with van der Waals surface area (Å²) in [4.78, 5) is 50.3. The standard InChI is InChI=1S/C30H28N4O3S2/c1-19-27(39-18-32-19)21-12-10-20(11-13-21)16-31-28(35)24-8-4-14-33(24)30(37)26(25-9-5-15-38-25)34-17-22-6-2-3-7-23(22)29(34)36/h2-3,5-7,9-13,15,18,24,26H,4,8,14,16-17H2,1H3,(H,31,35)/t24-,26-/m0/s1. The average Bonchev–Trinajstić information content (AvgIpc) is 3.77. The van der Waals surface area contributed by atoms with Crippen LogP contribution in [-0.2, 0) is 22.7 Å². The molecule has 2 aliphatic heterocycles. The molecule has 4 aromatic rings. The summed E-state index contributed by atoms with van der Waals surface area (Å²) >= 11 is 3.07. The molecule has 1 N–H and O–H groups in total. The molecule has 1 saturated heterocycles. The number of thiophene rings is 1. The predicted molar refractivity (Wildman–Crippen MR) is 152 cm³/mol. The van der Waals surface area contributed by atoms with Crippen molar-refractivity contribution in [3.8, 4) is 10.4 Å². The van der Waals surface area contributed by atoms with Crippen LogP contribution in [0.4, 0.5) is 0 Å². The van der Waals surface area contributed by atoms with Gasteiger partial charge in [-0.25, -0.2) is 4.98 Å². The van der Waals surface area contributed by atoms with Crippen LogP contribution in [0.3, 0.4) is 0 Å². The Morgan fingerprint density at radius 2 is 1.90 bits per heavy atom. The summed E-state index contributed by atoms with van der Waals surface area (Å²) in [7, 11) is 0. The minimum Gasteiger partial charge on any atom is -0.350 e. The Balaban J connectivity index is 1.16. The zero-order valence-electron chi connectivity index (χ0n) is 21.5. The van der Waals surface area contributed by atoms with Gasteiger partial charge < -0.3 is 15.1 Å². The Bertz CT molecular complexity index is 1510. The van der Waals surface area contributed by atoms with Gasteiger partial charge in [0.1, 0.15) is 12.1 Å². The Morgan fingerprint density at radius 3 is 2.62 bits per heavy atom. The van der Waals surface area contributed by atoms with E-state index in [2.05, 4.69) is 10.3 Å². The number of nitrogens with zero attached hydrogens (tertiary/aromatic N) is 3. The maximum absolute atomic E-state index is 14.0. The number of thiazole rings is 1. The molecule has 9 heteroatoms. The summed E-state index contributed by atoms with van der Waals surface area (Å²) in [5.41, 5.74) is 6.50. The molecule has 3 amide bonds. The summed E-state index contributed by atoms with van der Waals surface area (Å²) in [6.45, 7) is 3.26. The summed E-state index contributed by atoms with van der Waals surface area (Å²) in [6, 6.07) is 18.1. The third-order valence-corrected chi connectivity index (χ3v) is 9.38. The van der Waals surface area contributed by atoms with Crippen LogP contribution in [0, 0.1) is 6.92 Å². The third kappa shape index (κ3) is 4.88. The number of likely N-dealkylation sites (tertiary alicyclic amines) is 1. The van der Waals surface area contributed by atoms with Crippen LogP contribution in [-0.4, -0.2) is 45.1 Å². The fourth-order valence-corrected chi connectivity index (χ4v) is 7.10. The fraction of sp³-hybridized carbons (Fsp3) is 0.267. The van der Waals surface area contributed by atoms with Gasteiger partial charge in [-0.1, -0.05) is 48.5 Å². The highest BCUT2D eigenvalue weighted by atomic mass is 32.1. The van der Waals surface area contributed by atoms with Crippen molar-refractivity contribution in [2.45, 2.75) is 44.9 Å². The normalized spacial score (nSPS) is 17.4. The van der Waals surface area contributed by atoms with Crippen LogP contribution >= 0.6 is 22.7 Å². The summed E-state index contributed by atoms with van der Waals surface area (Å²) < 4.78 is 0. The number of carbonyl (C=O) groups excluding carboxylic acids is 3. The smallest absolute Gasteiger partial charge is 0.255 e. The second kappa shape index (κ2) is 10.7. The zero-order valence-corrected chi connectivity index (χ0v) is 23.1. The van der Waals surface area contributed by atoms with Gasteiger partial charge in [-0.05, 0) is 54.0 Å². The maximum atomic E-state index is 14.0. The van der Waals surface area contributed by atoms with Crippen LogP contribution < -0.4 is 5.32 Å². The van der Waals surface area contributed by atoms with Crippen LogP contribution in [0.25, 0.3) is 10.4 Å². The molecule has 1 fully saturated rings. The third-order valence-electron chi connectivity index (χ3n) is 7.47. The Labute approximate surface area is 235 Å². The number of rotatable bonds is 7. The van der Waals surface area contributed by atoms with Crippen molar-refractivity contribution in [2.75, 3.05) is 6.54 Å². The monoisotopic (exact) mass is 556 g/mol. The van der Waals surface area contributed by atoms with Gasteiger partial charge in [0.25, 0.3) is 11.8 Å². The summed E-state index contributed by atoms with van der Waals surface area (Å²) in [6.07, 6.45) is 1.35. The molecule has 0 spiro atoms. The van der Waals surface area contributed by atoms with E-state index in [1.54, 1.807) is 21.1 Å². The Hall–Kier alpha value is -3.82. The number of nitrogens with one attached hydrogen (secondary N) is 1. The van der Waals surface area contributed by atoms with Crippen LogP contribution in [0.1, 0.15) is 50.9 Å². The molecule has 2 aromatic heterocycles. The molecule has 2 aromatic carbocycles. The van der Waals surface area contributed by atoms with Crippen molar-refractivity contribution in [3.05, 3.63) is 98.8 Å². The lowest BCUT2D eigenvalue weighted by Gasteiger charge is -2.32. The number of hydrogen-bond acceptors (Lipinski definition) is 6. The highest BCUT2D eigenvalue weighted by molar-refractivity contribution is 7.13. The van der Waals surface area contributed by atoms with E-state index in [0.29, 0.717) is 31.6 Å². The first-order valence-corrected chi connectivity index (χ1v) is 14.8. The quantitative estimate of drug-likeness (QED) is 0.340. The van der Waals surface area contributed by atoms with E-state index in [-0.39, 0.29) is 17.7 Å². The Kier molecular flexibility index (Phi) is 7.01. The lowest BCUT2D eigenvalue weighted by molar-refractivity contribution is -0.142. The number of carbonyl (C=O) groups is 3. The van der Waals surface area contributed by atoms with E-state index >= 15 is 0 Å². The molecule has 0 unspecified atom stereocenters. The van der Waals surface area contributed by atoms with Gasteiger partial charge in [0.2, 0.25) is 5.91 Å². The topological polar surface area (TPSA) is 82.6 Å². The number of amides is 3. The number of benzene rings is 2. The van der Waals surface area contributed by atoms with Crippen molar-refractivity contribution >= 4 is 40.4 Å². The van der Waals surface area contributed by atoms with Gasteiger partial charge in [0, 0.05) is 30.1 Å². The number of hydrogen-bond donors (Lipinski definition) is 1. The van der Waals surface area contributed by atoms with Crippen molar-refractivity contribution in [3.63, 3.8) is 0 Å². The molecule has 6 rings (SSSR count). The summed E-state index contributed by atoms with van der Waals surface area (Å²) in [5, 5.41) is 4.95.